The molecule has 112 valence electrons. The Bertz CT molecular complexity index is 749. The van der Waals surface area contributed by atoms with Crippen molar-refractivity contribution in [2.45, 2.75) is 32.1 Å². The molecule has 1 aliphatic rings. The number of aromatic nitrogens is 1. The number of hydrogen-bond donors (Lipinski definition) is 1. The summed E-state index contributed by atoms with van der Waals surface area (Å²) in [7, 11) is 0. The summed E-state index contributed by atoms with van der Waals surface area (Å²) in [5.41, 5.74) is 9.84. The lowest BCUT2D eigenvalue weighted by atomic mass is 9.98. The number of aryl methyl sites for hydroxylation is 1. The number of carbonyl (C=O) groups is 2. The maximum absolute atomic E-state index is 12.0. The lowest BCUT2D eigenvalue weighted by Crippen LogP contribution is -2.16. The predicted octanol–water partition coefficient (Wildman–Crippen LogP) is 2.99. The molecule has 22 heavy (non-hydrogen) atoms. The second-order valence-corrected chi connectivity index (χ2v) is 5.85. The summed E-state index contributed by atoms with van der Waals surface area (Å²) >= 11 is 0. The Morgan fingerprint density at radius 1 is 1.27 bits per heavy atom. The molecule has 1 aromatic carbocycles. The van der Waals surface area contributed by atoms with E-state index in [0.29, 0.717) is 11.5 Å². The van der Waals surface area contributed by atoms with E-state index in [9.17, 15) is 9.59 Å². The van der Waals surface area contributed by atoms with Crippen LogP contribution in [0.2, 0.25) is 0 Å². The molecule has 1 aliphatic carbocycles. The highest BCUT2D eigenvalue weighted by Crippen LogP contribution is 2.40. The van der Waals surface area contributed by atoms with Crippen LogP contribution in [0.25, 0.3) is 11.1 Å². The Kier molecular flexibility index (Phi) is 3.75. The number of hydrogen-bond acceptors (Lipinski definition) is 3. The highest BCUT2D eigenvalue weighted by Gasteiger charge is 2.25. The number of amides is 1. The number of carbonyl (C=O) groups excluding carboxylic acids is 2. The lowest BCUT2D eigenvalue weighted by Gasteiger charge is -2.09. The van der Waals surface area contributed by atoms with E-state index in [2.05, 4.69) is 18.0 Å². The molecule has 0 aliphatic heterocycles. The molecule has 1 saturated carbocycles. The van der Waals surface area contributed by atoms with Gasteiger partial charge in [-0.15, -0.1) is 0 Å². The largest absolute Gasteiger partial charge is 0.369 e. The van der Waals surface area contributed by atoms with Crippen molar-refractivity contribution in [3.63, 3.8) is 0 Å². The van der Waals surface area contributed by atoms with Gasteiger partial charge >= 0.3 is 0 Å². The monoisotopic (exact) mass is 294 g/mol. The van der Waals surface area contributed by atoms with Gasteiger partial charge < -0.3 is 5.73 Å². The molecule has 0 unspecified atom stereocenters. The van der Waals surface area contributed by atoms with Crippen LogP contribution in [0.3, 0.4) is 0 Å². The van der Waals surface area contributed by atoms with E-state index in [0.717, 1.165) is 22.4 Å². The first kappa shape index (κ1) is 14.4. The number of benzene rings is 1. The third-order valence-corrected chi connectivity index (χ3v) is 3.96. The molecule has 1 amide bonds. The maximum Gasteiger partial charge on any atom is 0.225 e. The van der Waals surface area contributed by atoms with Gasteiger partial charge in [0.05, 0.1) is 6.42 Å². The molecule has 0 radical (unpaired) electrons. The third-order valence-electron chi connectivity index (χ3n) is 3.96. The van der Waals surface area contributed by atoms with Gasteiger partial charge in [-0.2, -0.15) is 0 Å². The van der Waals surface area contributed by atoms with Crippen LogP contribution in [-0.4, -0.2) is 16.7 Å². The van der Waals surface area contributed by atoms with E-state index in [-0.39, 0.29) is 12.2 Å². The van der Waals surface area contributed by atoms with Crippen molar-refractivity contribution in [2.75, 3.05) is 0 Å². The first-order chi connectivity index (χ1) is 10.5. The Balaban J connectivity index is 1.91. The number of nitrogens with zero attached hydrogens (tertiary/aromatic N) is 1. The van der Waals surface area contributed by atoms with E-state index in [1.54, 1.807) is 12.1 Å². The van der Waals surface area contributed by atoms with E-state index < -0.39 is 5.91 Å². The molecule has 1 aromatic heterocycles. The van der Waals surface area contributed by atoms with Gasteiger partial charge in [0, 0.05) is 28.9 Å². The molecule has 1 heterocycles. The van der Waals surface area contributed by atoms with Gasteiger partial charge in [-0.1, -0.05) is 18.2 Å². The number of pyridine rings is 1. The molecule has 0 saturated heterocycles. The van der Waals surface area contributed by atoms with Gasteiger partial charge in [-0.3, -0.25) is 14.6 Å². The average molecular weight is 294 g/mol. The normalized spacial score (nSPS) is 13.9. The summed E-state index contributed by atoms with van der Waals surface area (Å²) < 4.78 is 0. The minimum Gasteiger partial charge on any atom is -0.369 e. The molecule has 0 spiro atoms. The number of Topliss-reactive ketones (excluding diaryl/α,β-unsaturated/α-hetero) is 1. The van der Waals surface area contributed by atoms with E-state index in [4.69, 9.17) is 5.73 Å². The summed E-state index contributed by atoms with van der Waals surface area (Å²) in [5.74, 6) is -0.243. The molecule has 2 N–H and O–H groups in total. The average Bonchev–Trinajstić information content (AvgIpc) is 3.31. The summed E-state index contributed by atoms with van der Waals surface area (Å²) in [6.07, 6.45) is 4.06. The van der Waals surface area contributed by atoms with Crippen LogP contribution in [0.4, 0.5) is 0 Å². The number of nitrogens with two attached hydrogens (primary N) is 1. The van der Waals surface area contributed by atoms with Crippen LogP contribution in [-0.2, 0) is 4.79 Å². The van der Waals surface area contributed by atoms with Crippen LogP contribution in [0.5, 0.6) is 0 Å². The van der Waals surface area contributed by atoms with Crippen molar-refractivity contribution >= 4 is 11.7 Å². The van der Waals surface area contributed by atoms with Crippen molar-refractivity contribution < 1.29 is 9.59 Å². The smallest absolute Gasteiger partial charge is 0.225 e. The topological polar surface area (TPSA) is 73.1 Å². The standard InChI is InChI=1S/C18H18N2O2/c1-11-7-16(12-5-6-12)20-10-15(11)13-3-2-4-14(8-13)17(21)9-18(19)22/h2-4,7-8,10,12H,5-6,9H2,1H3,(H2,19,22). The molecule has 4 nitrogen and oxygen atoms in total. The van der Waals surface area contributed by atoms with Gasteiger partial charge in [0.1, 0.15) is 0 Å². The van der Waals surface area contributed by atoms with Gasteiger partial charge in [0.15, 0.2) is 5.78 Å². The van der Waals surface area contributed by atoms with Gasteiger partial charge in [-0.25, -0.2) is 0 Å². The second-order valence-electron chi connectivity index (χ2n) is 5.85. The van der Waals surface area contributed by atoms with E-state index >= 15 is 0 Å². The quantitative estimate of drug-likeness (QED) is 0.680. The SMILES string of the molecule is Cc1cc(C2CC2)ncc1-c1cccc(C(=O)CC(N)=O)c1. The first-order valence-corrected chi connectivity index (χ1v) is 7.43. The first-order valence-electron chi connectivity index (χ1n) is 7.43. The second kappa shape index (κ2) is 5.72. The minimum absolute atomic E-state index is 0.255. The van der Waals surface area contributed by atoms with Crippen LogP contribution in [0, 0.1) is 6.92 Å². The molecule has 4 heteroatoms. The molecular formula is C18H18N2O2. The Hall–Kier alpha value is -2.49. The zero-order valence-electron chi connectivity index (χ0n) is 12.5. The van der Waals surface area contributed by atoms with Crippen molar-refractivity contribution in [1.82, 2.24) is 4.98 Å². The molecule has 3 rings (SSSR count). The Morgan fingerprint density at radius 3 is 2.68 bits per heavy atom. The summed E-state index contributed by atoms with van der Waals surface area (Å²) in [6, 6.07) is 9.40. The van der Waals surface area contributed by atoms with E-state index in [1.807, 2.05) is 18.3 Å². The van der Waals surface area contributed by atoms with Crippen molar-refractivity contribution in [2.24, 2.45) is 5.73 Å². The zero-order valence-corrected chi connectivity index (χ0v) is 12.5. The van der Waals surface area contributed by atoms with Crippen LogP contribution >= 0.6 is 0 Å². The zero-order chi connectivity index (χ0) is 15.7. The van der Waals surface area contributed by atoms with Crippen molar-refractivity contribution in [1.29, 1.82) is 0 Å². The summed E-state index contributed by atoms with van der Waals surface area (Å²) in [5, 5.41) is 0. The van der Waals surface area contributed by atoms with Crippen LogP contribution < -0.4 is 5.73 Å². The highest BCUT2D eigenvalue weighted by atomic mass is 16.2. The van der Waals surface area contributed by atoms with Gasteiger partial charge in [0.25, 0.3) is 0 Å². The van der Waals surface area contributed by atoms with Gasteiger partial charge in [0.2, 0.25) is 5.91 Å². The fourth-order valence-corrected chi connectivity index (χ4v) is 2.60. The van der Waals surface area contributed by atoms with Crippen LogP contribution in [0.1, 0.15) is 46.8 Å². The minimum atomic E-state index is -0.609. The predicted molar refractivity (Wildman–Crippen MR) is 84.5 cm³/mol. The summed E-state index contributed by atoms with van der Waals surface area (Å²) in [6.45, 7) is 2.06. The Morgan fingerprint density at radius 2 is 2.05 bits per heavy atom. The number of ketones is 1. The molecule has 2 aromatic rings. The Labute approximate surface area is 129 Å². The van der Waals surface area contributed by atoms with Crippen molar-refractivity contribution in [3.05, 3.63) is 53.3 Å². The number of primary amides is 1. The number of rotatable bonds is 5. The third kappa shape index (κ3) is 3.06. The van der Waals surface area contributed by atoms with E-state index in [1.165, 1.54) is 12.8 Å². The lowest BCUT2D eigenvalue weighted by molar-refractivity contribution is -0.117. The van der Waals surface area contributed by atoms with Gasteiger partial charge in [-0.05, 0) is 43.0 Å². The van der Waals surface area contributed by atoms with Crippen LogP contribution in [0.15, 0.2) is 36.5 Å². The molecule has 0 bridgehead atoms. The maximum atomic E-state index is 12.0. The fraction of sp³-hybridized carbons (Fsp3) is 0.278. The molecule has 1 fully saturated rings. The fourth-order valence-electron chi connectivity index (χ4n) is 2.60. The highest BCUT2D eigenvalue weighted by molar-refractivity contribution is 6.07. The molecular weight excluding hydrogens is 276 g/mol. The van der Waals surface area contributed by atoms with Crippen molar-refractivity contribution in [3.8, 4) is 11.1 Å². The summed E-state index contributed by atoms with van der Waals surface area (Å²) in [4.78, 5) is 27.4. The molecule has 0 atom stereocenters.